The molecule has 0 amide bonds. The Labute approximate surface area is 186 Å². The van der Waals surface area contributed by atoms with E-state index in [1.54, 1.807) is 6.92 Å². The Hall–Kier alpha value is -1.27. The van der Waals surface area contributed by atoms with Crippen molar-refractivity contribution in [2.24, 2.45) is 22.7 Å². The highest BCUT2D eigenvalue weighted by Gasteiger charge is 2.39. The lowest BCUT2D eigenvalue weighted by Gasteiger charge is -2.37. The maximum Gasteiger partial charge on any atom is 0.425 e. The van der Waals surface area contributed by atoms with Gasteiger partial charge in [-0.15, -0.1) is 0 Å². The summed E-state index contributed by atoms with van der Waals surface area (Å²) in [5, 5.41) is 0. The van der Waals surface area contributed by atoms with E-state index in [9.17, 15) is 22.8 Å². The predicted molar refractivity (Wildman–Crippen MR) is 116 cm³/mol. The summed E-state index contributed by atoms with van der Waals surface area (Å²) in [6.07, 6.45) is -0.575. The van der Waals surface area contributed by atoms with Gasteiger partial charge in [-0.25, -0.2) is 0 Å². The molecule has 2 unspecified atom stereocenters. The highest BCUT2D eigenvalue weighted by molar-refractivity contribution is 5.76. The van der Waals surface area contributed by atoms with Crippen molar-refractivity contribution < 1.29 is 32.2 Å². The Bertz CT molecular complexity index is 556. The predicted octanol–water partition coefficient (Wildman–Crippen LogP) is 7.10. The molecule has 0 bridgehead atoms. The zero-order valence-corrected chi connectivity index (χ0v) is 20.8. The second kappa shape index (κ2) is 12.1. The molecule has 0 spiro atoms. The first-order chi connectivity index (χ1) is 14.0. The van der Waals surface area contributed by atoms with Crippen LogP contribution in [0.4, 0.5) is 13.2 Å². The van der Waals surface area contributed by atoms with Crippen LogP contribution in [-0.4, -0.2) is 30.3 Å². The molecule has 184 valence electrons. The first kappa shape index (κ1) is 29.7. The van der Waals surface area contributed by atoms with Crippen molar-refractivity contribution in [3.05, 3.63) is 0 Å². The maximum atomic E-state index is 12.0. The number of hydrogen-bond donors (Lipinski definition) is 0. The molecule has 0 saturated heterocycles. The fraction of sp³-hybridized carbons (Fsp3) is 0.917. The van der Waals surface area contributed by atoms with Gasteiger partial charge in [0.05, 0.1) is 11.3 Å². The molecule has 0 aliphatic heterocycles. The third-order valence-corrected chi connectivity index (χ3v) is 6.38. The fourth-order valence-corrected chi connectivity index (χ4v) is 3.03. The van der Waals surface area contributed by atoms with Crippen LogP contribution < -0.4 is 0 Å². The van der Waals surface area contributed by atoms with Gasteiger partial charge in [0.2, 0.25) is 0 Å². The van der Waals surface area contributed by atoms with E-state index in [2.05, 4.69) is 25.5 Å². The van der Waals surface area contributed by atoms with Gasteiger partial charge in [-0.3, -0.25) is 9.59 Å². The van der Waals surface area contributed by atoms with Crippen LogP contribution >= 0.6 is 0 Å². The van der Waals surface area contributed by atoms with Gasteiger partial charge in [0.15, 0.2) is 6.10 Å². The number of ether oxygens (including phenoxy) is 2. The molecule has 0 aromatic heterocycles. The van der Waals surface area contributed by atoms with Crippen molar-refractivity contribution in [2.45, 2.75) is 119 Å². The summed E-state index contributed by atoms with van der Waals surface area (Å²) in [7, 11) is 0. The molecule has 0 N–H and O–H groups in total. The van der Waals surface area contributed by atoms with Crippen LogP contribution in [0.5, 0.6) is 0 Å². The monoisotopic (exact) mass is 452 g/mol. The van der Waals surface area contributed by atoms with Crippen molar-refractivity contribution in [1.29, 1.82) is 0 Å². The highest BCUT2D eigenvalue weighted by Crippen LogP contribution is 2.39. The molecule has 0 aromatic carbocycles. The summed E-state index contributed by atoms with van der Waals surface area (Å²) < 4.78 is 45.6. The van der Waals surface area contributed by atoms with Gasteiger partial charge in [0, 0.05) is 0 Å². The van der Waals surface area contributed by atoms with E-state index in [4.69, 9.17) is 4.74 Å². The molecule has 4 nitrogen and oxygen atoms in total. The molecule has 1 saturated carbocycles. The number of carbonyl (C=O) groups excluding carboxylic acids is 2. The summed E-state index contributed by atoms with van der Waals surface area (Å²) in [4.78, 5) is 22.9. The molecule has 7 heteroatoms. The van der Waals surface area contributed by atoms with E-state index in [0.29, 0.717) is 11.8 Å². The van der Waals surface area contributed by atoms with Crippen LogP contribution in [0.1, 0.15) is 101 Å². The van der Waals surface area contributed by atoms with E-state index in [0.717, 1.165) is 32.1 Å². The van der Waals surface area contributed by atoms with Crippen molar-refractivity contribution in [1.82, 2.24) is 0 Å². The lowest BCUT2D eigenvalue weighted by Crippen LogP contribution is -2.34. The van der Waals surface area contributed by atoms with Crippen LogP contribution in [0, 0.1) is 22.7 Å². The number of hydrogen-bond acceptors (Lipinski definition) is 4. The second-order valence-corrected chi connectivity index (χ2v) is 10.4. The Balaban J connectivity index is 0.000000615. The molecular formula is C24H43F3O4. The summed E-state index contributed by atoms with van der Waals surface area (Å²) in [5.74, 6) is -0.534. The number of carbonyl (C=O) groups is 2. The van der Waals surface area contributed by atoms with Gasteiger partial charge in [-0.05, 0) is 70.6 Å². The van der Waals surface area contributed by atoms with E-state index in [1.165, 1.54) is 19.8 Å². The molecular weight excluding hydrogens is 409 g/mol. The summed E-state index contributed by atoms with van der Waals surface area (Å²) in [6.45, 7) is 17.0. The third kappa shape index (κ3) is 10.7. The summed E-state index contributed by atoms with van der Waals surface area (Å²) in [6, 6.07) is 0. The topological polar surface area (TPSA) is 52.6 Å². The Morgan fingerprint density at radius 1 is 0.935 bits per heavy atom. The zero-order chi connectivity index (χ0) is 24.6. The van der Waals surface area contributed by atoms with Crippen molar-refractivity contribution >= 4 is 11.9 Å². The number of alkyl halides is 3. The number of esters is 2. The molecule has 0 radical (unpaired) electrons. The summed E-state index contributed by atoms with van der Waals surface area (Å²) >= 11 is 0. The van der Waals surface area contributed by atoms with Gasteiger partial charge in [-0.2, -0.15) is 13.2 Å². The molecule has 0 heterocycles. The number of halogens is 3. The van der Waals surface area contributed by atoms with Crippen molar-refractivity contribution in [3.63, 3.8) is 0 Å². The molecule has 31 heavy (non-hydrogen) atoms. The zero-order valence-electron chi connectivity index (χ0n) is 20.8. The van der Waals surface area contributed by atoms with E-state index >= 15 is 0 Å². The fourth-order valence-electron chi connectivity index (χ4n) is 3.03. The van der Waals surface area contributed by atoms with Crippen LogP contribution in [0.15, 0.2) is 0 Å². The van der Waals surface area contributed by atoms with E-state index in [1.807, 2.05) is 20.8 Å². The van der Waals surface area contributed by atoms with Gasteiger partial charge in [0.25, 0.3) is 0 Å². The quantitative estimate of drug-likeness (QED) is 0.403. The molecule has 1 fully saturated rings. The standard InChI is InChI=1S/C16H30O2.C8H13F3O2/c1-7-16(5,6)14(17)18-13-10-8-12(9-11-13)15(2,3)4;1-4-5(2)7(12)13-6(3)8(9,10)11/h12-13H,7-11H2,1-6H3;5-6H,4H2,1-3H3. The molecule has 1 rings (SSSR count). The third-order valence-electron chi connectivity index (χ3n) is 6.38. The highest BCUT2D eigenvalue weighted by atomic mass is 19.4. The van der Waals surface area contributed by atoms with Gasteiger partial charge >= 0.3 is 18.1 Å². The summed E-state index contributed by atoms with van der Waals surface area (Å²) in [5.41, 5.74) is 0.0541. The average Bonchev–Trinajstić information content (AvgIpc) is 2.66. The molecule has 1 aliphatic rings. The SMILES string of the molecule is CCC(C)(C)C(=O)OC1CCC(C(C)(C)C)CC1.CCC(C)C(=O)OC(C)C(F)(F)F. The number of rotatable bonds is 6. The van der Waals surface area contributed by atoms with Crippen LogP contribution in [-0.2, 0) is 19.1 Å². The average molecular weight is 453 g/mol. The molecule has 2 atom stereocenters. The first-order valence-electron chi connectivity index (χ1n) is 11.4. The molecule has 0 aromatic rings. The molecule has 1 aliphatic carbocycles. The van der Waals surface area contributed by atoms with Gasteiger partial charge in [-0.1, -0.05) is 41.5 Å². The minimum Gasteiger partial charge on any atom is -0.462 e. The van der Waals surface area contributed by atoms with Crippen LogP contribution in [0.2, 0.25) is 0 Å². The van der Waals surface area contributed by atoms with E-state index in [-0.39, 0.29) is 17.5 Å². The minimum atomic E-state index is -4.47. The van der Waals surface area contributed by atoms with Crippen LogP contribution in [0.3, 0.4) is 0 Å². The Morgan fingerprint density at radius 3 is 1.77 bits per heavy atom. The van der Waals surface area contributed by atoms with Gasteiger partial charge in [0.1, 0.15) is 6.10 Å². The van der Waals surface area contributed by atoms with E-state index < -0.39 is 24.2 Å². The van der Waals surface area contributed by atoms with Crippen LogP contribution in [0.25, 0.3) is 0 Å². The second-order valence-electron chi connectivity index (χ2n) is 10.4. The van der Waals surface area contributed by atoms with Gasteiger partial charge < -0.3 is 9.47 Å². The lowest BCUT2D eigenvalue weighted by atomic mass is 9.72. The van der Waals surface area contributed by atoms with Crippen molar-refractivity contribution in [3.8, 4) is 0 Å². The lowest BCUT2D eigenvalue weighted by molar-refractivity contribution is -0.218. The Kier molecular flexibility index (Phi) is 11.6. The smallest absolute Gasteiger partial charge is 0.425 e. The minimum absolute atomic E-state index is 0.0239. The van der Waals surface area contributed by atoms with Crippen molar-refractivity contribution in [2.75, 3.05) is 0 Å². The maximum absolute atomic E-state index is 12.0. The first-order valence-corrected chi connectivity index (χ1v) is 11.4. The normalized spacial score (nSPS) is 21.9. The Morgan fingerprint density at radius 2 is 1.42 bits per heavy atom. The largest absolute Gasteiger partial charge is 0.462 e.